The molecule has 4 rings (SSSR count). The molecule has 2 aliphatic rings. The molecule has 0 N–H and O–H groups in total. The summed E-state index contributed by atoms with van der Waals surface area (Å²) in [5.41, 5.74) is 7.88. The number of halogens is 1. The number of likely N-dealkylation sites (N-methyl/N-ethyl adjacent to an activating group) is 1. The number of allylic oxidation sites excluding steroid dienone is 5. The van der Waals surface area contributed by atoms with Gasteiger partial charge < -0.3 is 9.80 Å². The van der Waals surface area contributed by atoms with Gasteiger partial charge in [-0.15, -0.1) is 0 Å². The fourth-order valence-electron chi connectivity index (χ4n) is 4.16. The van der Waals surface area contributed by atoms with Gasteiger partial charge in [0.15, 0.2) is 0 Å². The van der Waals surface area contributed by atoms with Crippen molar-refractivity contribution in [3.63, 3.8) is 0 Å². The van der Waals surface area contributed by atoms with Gasteiger partial charge in [0.2, 0.25) is 0 Å². The first-order chi connectivity index (χ1) is 14.1. The van der Waals surface area contributed by atoms with Crippen LogP contribution in [0.5, 0.6) is 0 Å². The molecule has 0 saturated carbocycles. The Labute approximate surface area is 183 Å². The summed E-state index contributed by atoms with van der Waals surface area (Å²) in [6, 6.07) is 17.9. The van der Waals surface area contributed by atoms with E-state index in [1.807, 2.05) is 0 Å². The summed E-state index contributed by atoms with van der Waals surface area (Å²) in [6.07, 6.45) is 9.20. The minimum atomic E-state index is 1.10. The Hall–Kier alpha value is -2.10. The van der Waals surface area contributed by atoms with Crippen LogP contribution in [0, 0.1) is 0 Å². The average molecular weight is 449 g/mol. The summed E-state index contributed by atoms with van der Waals surface area (Å²) in [4.78, 5) is 4.89. The Bertz CT molecular complexity index is 928. The van der Waals surface area contributed by atoms with Crippen molar-refractivity contribution < 1.29 is 0 Å². The molecule has 1 saturated heterocycles. The highest BCUT2D eigenvalue weighted by Crippen LogP contribution is 2.33. The highest BCUT2D eigenvalue weighted by Gasteiger charge is 2.16. The normalized spacial score (nSPS) is 18.4. The summed E-state index contributed by atoms with van der Waals surface area (Å²) in [6.45, 7) is 6.72. The summed E-state index contributed by atoms with van der Waals surface area (Å²) >= 11 is 3.57. The van der Waals surface area contributed by atoms with Crippen LogP contribution in [0.15, 0.2) is 82.4 Å². The van der Waals surface area contributed by atoms with Crippen molar-refractivity contribution in [3.05, 3.63) is 93.5 Å². The molecule has 1 aliphatic heterocycles. The summed E-state index contributed by atoms with van der Waals surface area (Å²) in [7, 11) is 2.20. The molecule has 150 valence electrons. The quantitative estimate of drug-likeness (QED) is 0.541. The zero-order valence-corrected chi connectivity index (χ0v) is 19.0. The predicted octanol–water partition coefficient (Wildman–Crippen LogP) is 6.30. The number of benzene rings is 2. The lowest BCUT2D eigenvalue weighted by Crippen LogP contribution is -2.44. The molecule has 1 heterocycles. The molecule has 2 nitrogen and oxygen atoms in total. The maximum atomic E-state index is 3.57. The van der Waals surface area contributed by atoms with E-state index in [1.54, 1.807) is 0 Å². The number of piperazine rings is 1. The number of hydrogen-bond donors (Lipinski definition) is 0. The van der Waals surface area contributed by atoms with E-state index in [0.717, 1.165) is 43.5 Å². The lowest BCUT2D eigenvalue weighted by molar-refractivity contribution is 0.313. The third-order valence-electron chi connectivity index (χ3n) is 5.96. The zero-order chi connectivity index (χ0) is 20.2. The van der Waals surface area contributed by atoms with Crippen molar-refractivity contribution in [2.75, 3.05) is 38.1 Å². The molecule has 0 spiro atoms. The van der Waals surface area contributed by atoms with E-state index in [4.69, 9.17) is 0 Å². The van der Waals surface area contributed by atoms with Crippen LogP contribution >= 0.6 is 15.9 Å². The maximum Gasteiger partial charge on any atom is 0.0367 e. The molecule has 2 aromatic rings. The Morgan fingerprint density at radius 1 is 0.828 bits per heavy atom. The molecule has 1 fully saturated rings. The topological polar surface area (TPSA) is 6.48 Å². The van der Waals surface area contributed by atoms with Gasteiger partial charge in [0.1, 0.15) is 0 Å². The van der Waals surface area contributed by atoms with Gasteiger partial charge in [0, 0.05) is 36.3 Å². The molecule has 1 aliphatic carbocycles. The van der Waals surface area contributed by atoms with E-state index in [2.05, 4.69) is 106 Å². The van der Waals surface area contributed by atoms with Gasteiger partial charge in [-0.25, -0.2) is 0 Å². The summed E-state index contributed by atoms with van der Waals surface area (Å²) < 4.78 is 1.11. The minimum absolute atomic E-state index is 1.10. The first-order valence-corrected chi connectivity index (χ1v) is 11.3. The molecule has 0 aromatic heterocycles. The molecular weight excluding hydrogens is 420 g/mol. The van der Waals surface area contributed by atoms with Gasteiger partial charge in [-0.1, -0.05) is 58.4 Å². The molecule has 3 heteroatoms. The van der Waals surface area contributed by atoms with Crippen molar-refractivity contribution in [3.8, 4) is 0 Å². The third kappa shape index (κ3) is 4.73. The van der Waals surface area contributed by atoms with Crippen molar-refractivity contribution in [2.24, 2.45) is 0 Å². The Balaban J connectivity index is 1.70. The fourth-order valence-corrected chi connectivity index (χ4v) is 4.42. The van der Waals surface area contributed by atoms with E-state index in [0.29, 0.717) is 0 Å². The molecular formula is C26H29BrN2. The van der Waals surface area contributed by atoms with Crippen molar-refractivity contribution in [1.82, 2.24) is 4.90 Å². The first-order valence-electron chi connectivity index (χ1n) is 10.5. The monoisotopic (exact) mass is 448 g/mol. The van der Waals surface area contributed by atoms with Crippen LogP contribution in [0.2, 0.25) is 0 Å². The SMILES string of the molecule is C/C(C1=CCCC=C1)=C(\c1ccc(Br)cc1)c1ccc(N2CCN(C)CC2)cc1. The van der Waals surface area contributed by atoms with Crippen LogP contribution < -0.4 is 4.90 Å². The van der Waals surface area contributed by atoms with E-state index in [1.165, 1.54) is 33.5 Å². The number of nitrogens with zero attached hydrogens (tertiary/aromatic N) is 2. The second-order valence-electron chi connectivity index (χ2n) is 7.98. The second-order valence-corrected chi connectivity index (χ2v) is 8.90. The smallest absolute Gasteiger partial charge is 0.0367 e. The van der Waals surface area contributed by atoms with E-state index in [-0.39, 0.29) is 0 Å². The summed E-state index contributed by atoms with van der Waals surface area (Å²) in [5.74, 6) is 0. The number of rotatable bonds is 4. The molecule has 0 bridgehead atoms. The highest BCUT2D eigenvalue weighted by atomic mass is 79.9. The van der Waals surface area contributed by atoms with Crippen LogP contribution in [0.1, 0.15) is 30.9 Å². The van der Waals surface area contributed by atoms with Gasteiger partial charge in [-0.3, -0.25) is 0 Å². The molecule has 0 atom stereocenters. The van der Waals surface area contributed by atoms with Crippen molar-refractivity contribution in [2.45, 2.75) is 19.8 Å². The standard InChI is InChI=1S/C26H29BrN2/c1-20(21-6-4-3-5-7-21)26(22-8-12-24(27)13-9-22)23-10-14-25(15-11-23)29-18-16-28(2)17-19-29/h4,6-15H,3,5,16-19H2,1-2H3/b26-20-. The van der Waals surface area contributed by atoms with Crippen LogP contribution in [-0.4, -0.2) is 38.1 Å². The molecule has 0 amide bonds. The van der Waals surface area contributed by atoms with E-state index in [9.17, 15) is 0 Å². The Morgan fingerprint density at radius 3 is 2.03 bits per heavy atom. The lowest BCUT2D eigenvalue weighted by atomic mass is 9.88. The van der Waals surface area contributed by atoms with E-state index >= 15 is 0 Å². The number of hydrogen-bond acceptors (Lipinski definition) is 2. The lowest BCUT2D eigenvalue weighted by Gasteiger charge is -2.34. The Morgan fingerprint density at radius 2 is 1.45 bits per heavy atom. The van der Waals surface area contributed by atoms with Crippen molar-refractivity contribution in [1.29, 1.82) is 0 Å². The zero-order valence-electron chi connectivity index (χ0n) is 17.4. The number of anilines is 1. The Kier molecular flexibility index (Phi) is 6.37. The van der Waals surface area contributed by atoms with Gasteiger partial charge >= 0.3 is 0 Å². The van der Waals surface area contributed by atoms with Gasteiger partial charge in [0.05, 0.1) is 0 Å². The fraction of sp³-hybridized carbons (Fsp3) is 0.308. The van der Waals surface area contributed by atoms with E-state index < -0.39 is 0 Å². The van der Waals surface area contributed by atoms with Crippen LogP contribution in [0.25, 0.3) is 5.57 Å². The molecule has 0 radical (unpaired) electrons. The first kappa shape index (κ1) is 20.2. The second kappa shape index (κ2) is 9.15. The average Bonchev–Trinajstić information content (AvgIpc) is 2.77. The van der Waals surface area contributed by atoms with Gasteiger partial charge in [-0.2, -0.15) is 0 Å². The van der Waals surface area contributed by atoms with Crippen LogP contribution in [0.4, 0.5) is 5.69 Å². The predicted molar refractivity (Wildman–Crippen MR) is 128 cm³/mol. The van der Waals surface area contributed by atoms with Crippen LogP contribution in [-0.2, 0) is 0 Å². The molecule has 29 heavy (non-hydrogen) atoms. The maximum absolute atomic E-state index is 3.57. The highest BCUT2D eigenvalue weighted by molar-refractivity contribution is 9.10. The van der Waals surface area contributed by atoms with Crippen LogP contribution in [0.3, 0.4) is 0 Å². The van der Waals surface area contributed by atoms with Crippen molar-refractivity contribution >= 4 is 27.2 Å². The molecule has 0 unspecified atom stereocenters. The van der Waals surface area contributed by atoms with Gasteiger partial charge in [-0.05, 0) is 78.9 Å². The molecule has 2 aromatic carbocycles. The third-order valence-corrected chi connectivity index (χ3v) is 6.49. The largest absolute Gasteiger partial charge is 0.369 e. The van der Waals surface area contributed by atoms with Gasteiger partial charge in [0.25, 0.3) is 0 Å². The summed E-state index contributed by atoms with van der Waals surface area (Å²) in [5, 5.41) is 0. The minimum Gasteiger partial charge on any atom is -0.369 e.